The van der Waals surface area contributed by atoms with Gasteiger partial charge in [-0.05, 0) is 24.7 Å². The van der Waals surface area contributed by atoms with Gasteiger partial charge in [0.15, 0.2) is 0 Å². The van der Waals surface area contributed by atoms with Crippen molar-refractivity contribution in [2.45, 2.75) is 67.5 Å². The predicted molar refractivity (Wildman–Crippen MR) is 70.2 cm³/mol. The lowest BCUT2D eigenvalue weighted by atomic mass is 9.81. The normalized spacial score (nSPS) is 17.0. The van der Waals surface area contributed by atoms with Gasteiger partial charge < -0.3 is 0 Å². The third-order valence-electron chi connectivity index (χ3n) is 3.75. The molecule has 0 amide bonds. The van der Waals surface area contributed by atoms with Crippen LogP contribution in [0, 0.1) is 22.2 Å². The Morgan fingerprint density at radius 1 is 0.938 bits per heavy atom. The van der Waals surface area contributed by atoms with Crippen LogP contribution in [0.2, 0.25) is 0 Å². The zero-order valence-corrected chi connectivity index (χ0v) is 12.3. The summed E-state index contributed by atoms with van der Waals surface area (Å²) in [7, 11) is 0. The van der Waals surface area contributed by atoms with E-state index in [9.17, 15) is 0 Å². The Bertz CT molecular complexity index is 229. The van der Waals surface area contributed by atoms with Crippen LogP contribution in [0.3, 0.4) is 0 Å². The molecule has 0 aromatic rings. The van der Waals surface area contributed by atoms with Gasteiger partial charge in [-0.3, -0.25) is 4.90 Å². The molecule has 0 N–H and O–H groups in total. The Balaban J connectivity index is 4.96. The van der Waals surface area contributed by atoms with Gasteiger partial charge in [0.1, 0.15) is 0 Å². The minimum absolute atomic E-state index is 0.205. The third kappa shape index (κ3) is 4.14. The molecule has 0 fully saturated rings. The second-order valence-corrected chi connectivity index (χ2v) is 6.91. The van der Waals surface area contributed by atoms with E-state index in [1.807, 2.05) is 0 Å². The van der Waals surface area contributed by atoms with Crippen LogP contribution in [0.25, 0.3) is 0 Å². The zero-order valence-electron chi connectivity index (χ0n) is 12.3. The lowest BCUT2D eigenvalue weighted by Crippen LogP contribution is -2.51. The summed E-state index contributed by atoms with van der Waals surface area (Å²) >= 11 is 0. The fourth-order valence-corrected chi connectivity index (χ4v) is 1.69. The van der Waals surface area contributed by atoms with Crippen molar-refractivity contribution in [3.8, 4) is 6.07 Å². The summed E-state index contributed by atoms with van der Waals surface area (Å²) < 4.78 is 0. The van der Waals surface area contributed by atoms with Gasteiger partial charge in [-0.25, -0.2) is 0 Å². The highest BCUT2D eigenvalue weighted by molar-refractivity contribution is 4.92. The number of hydrogen-bond donors (Lipinski definition) is 0. The van der Waals surface area contributed by atoms with Crippen molar-refractivity contribution in [3.05, 3.63) is 0 Å². The molecule has 2 nitrogen and oxygen atoms in total. The summed E-state index contributed by atoms with van der Waals surface area (Å²) in [6.45, 7) is 18.4. The molecule has 0 aliphatic heterocycles. The van der Waals surface area contributed by atoms with Gasteiger partial charge in [-0.1, -0.05) is 41.5 Å². The minimum Gasteiger partial charge on any atom is -0.284 e. The molecule has 0 spiro atoms. The van der Waals surface area contributed by atoms with E-state index in [-0.39, 0.29) is 10.8 Å². The molecule has 2 atom stereocenters. The molecule has 2 heteroatoms. The van der Waals surface area contributed by atoms with Crippen LogP contribution in [0.4, 0.5) is 0 Å². The predicted octanol–water partition coefficient (Wildman–Crippen LogP) is 3.68. The second kappa shape index (κ2) is 5.19. The van der Waals surface area contributed by atoms with E-state index in [4.69, 9.17) is 5.26 Å². The standard InChI is InChI=1S/C14H28N2/c1-11(13(3,4)5)16(10-9-15)12(2)14(6,7)8/h11-12H,10H2,1-8H3. The lowest BCUT2D eigenvalue weighted by Gasteiger charge is -2.44. The Morgan fingerprint density at radius 2 is 1.25 bits per heavy atom. The molecule has 0 saturated carbocycles. The molecule has 94 valence electrons. The summed E-state index contributed by atoms with van der Waals surface area (Å²) in [5.74, 6) is 0. The lowest BCUT2D eigenvalue weighted by molar-refractivity contribution is 0.0397. The maximum atomic E-state index is 8.97. The molecule has 0 heterocycles. The first-order chi connectivity index (χ1) is 7.01. The van der Waals surface area contributed by atoms with Gasteiger partial charge in [0.2, 0.25) is 0 Å². The Labute approximate surface area is 102 Å². The molecular formula is C14H28N2. The van der Waals surface area contributed by atoms with Gasteiger partial charge in [-0.15, -0.1) is 0 Å². The molecule has 0 bridgehead atoms. The highest BCUT2D eigenvalue weighted by atomic mass is 15.2. The first kappa shape index (κ1) is 15.4. The molecule has 0 aliphatic carbocycles. The maximum Gasteiger partial charge on any atom is 0.0870 e. The van der Waals surface area contributed by atoms with E-state index in [0.717, 1.165) is 0 Å². The van der Waals surface area contributed by atoms with E-state index in [2.05, 4.69) is 66.4 Å². The number of hydrogen-bond acceptors (Lipinski definition) is 2. The van der Waals surface area contributed by atoms with Crippen LogP contribution in [0.15, 0.2) is 0 Å². The first-order valence-corrected chi connectivity index (χ1v) is 6.14. The van der Waals surface area contributed by atoms with E-state index >= 15 is 0 Å². The third-order valence-corrected chi connectivity index (χ3v) is 3.75. The van der Waals surface area contributed by atoms with E-state index < -0.39 is 0 Å². The van der Waals surface area contributed by atoms with Crippen LogP contribution >= 0.6 is 0 Å². The van der Waals surface area contributed by atoms with Crippen molar-refractivity contribution in [2.24, 2.45) is 10.8 Å². The average Bonchev–Trinajstić information content (AvgIpc) is 2.09. The highest BCUT2D eigenvalue weighted by Crippen LogP contribution is 2.31. The van der Waals surface area contributed by atoms with Gasteiger partial charge in [0.05, 0.1) is 12.6 Å². The molecule has 16 heavy (non-hydrogen) atoms. The molecular weight excluding hydrogens is 196 g/mol. The zero-order chi connectivity index (χ0) is 13.1. The van der Waals surface area contributed by atoms with Crippen LogP contribution in [0.5, 0.6) is 0 Å². The van der Waals surface area contributed by atoms with E-state index in [1.54, 1.807) is 0 Å². The van der Waals surface area contributed by atoms with Crippen LogP contribution in [-0.2, 0) is 0 Å². The molecule has 2 unspecified atom stereocenters. The van der Waals surface area contributed by atoms with Crippen molar-refractivity contribution in [3.63, 3.8) is 0 Å². The van der Waals surface area contributed by atoms with Gasteiger partial charge in [0.25, 0.3) is 0 Å². The average molecular weight is 224 g/mol. The van der Waals surface area contributed by atoms with Crippen molar-refractivity contribution in [1.29, 1.82) is 5.26 Å². The minimum atomic E-state index is 0.205. The fraction of sp³-hybridized carbons (Fsp3) is 0.929. The molecule has 0 saturated heterocycles. The van der Waals surface area contributed by atoms with E-state index in [0.29, 0.717) is 18.6 Å². The monoisotopic (exact) mass is 224 g/mol. The quantitative estimate of drug-likeness (QED) is 0.684. The van der Waals surface area contributed by atoms with Crippen molar-refractivity contribution in [2.75, 3.05) is 6.54 Å². The van der Waals surface area contributed by atoms with Gasteiger partial charge >= 0.3 is 0 Å². The largest absolute Gasteiger partial charge is 0.284 e. The molecule has 0 aromatic heterocycles. The maximum absolute atomic E-state index is 8.97. The van der Waals surface area contributed by atoms with Crippen molar-refractivity contribution >= 4 is 0 Å². The molecule has 0 radical (unpaired) electrons. The number of nitrogens with zero attached hydrogens (tertiary/aromatic N) is 2. The van der Waals surface area contributed by atoms with Gasteiger partial charge in [-0.2, -0.15) is 5.26 Å². The van der Waals surface area contributed by atoms with Crippen molar-refractivity contribution < 1.29 is 0 Å². The smallest absolute Gasteiger partial charge is 0.0870 e. The summed E-state index contributed by atoms with van der Waals surface area (Å²) in [4.78, 5) is 2.32. The first-order valence-electron chi connectivity index (χ1n) is 6.14. The summed E-state index contributed by atoms with van der Waals surface area (Å²) in [5, 5.41) is 8.97. The molecule has 0 aromatic carbocycles. The molecule has 0 aliphatic rings. The topological polar surface area (TPSA) is 27.0 Å². The summed E-state index contributed by atoms with van der Waals surface area (Å²) in [5.41, 5.74) is 0.409. The van der Waals surface area contributed by atoms with Crippen LogP contribution < -0.4 is 0 Å². The molecule has 0 rings (SSSR count). The number of nitriles is 1. The Kier molecular flexibility index (Phi) is 5.01. The van der Waals surface area contributed by atoms with Crippen molar-refractivity contribution in [1.82, 2.24) is 4.90 Å². The van der Waals surface area contributed by atoms with Crippen LogP contribution in [0.1, 0.15) is 55.4 Å². The SMILES string of the molecule is CC(N(CC#N)C(C)C(C)(C)C)C(C)(C)C. The van der Waals surface area contributed by atoms with E-state index in [1.165, 1.54) is 0 Å². The highest BCUT2D eigenvalue weighted by Gasteiger charge is 2.34. The number of rotatable bonds is 3. The summed E-state index contributed by atoms with van der Waals surface area (Å²) in [6, 6.07) is 3.11. The second-order valence-electron chi connectivity index (χ2n) is 6.91. The van der Waals surface area contributed by atoms with Crippen LogP contribution in [-0.4, -0.2) is 23.5 Å². The fourth-order valence-electron chi connectivity index (χ4n) is 1.69. The Hall–Kier alpha value is -0.550. The van der Waals surface area contributed by atoms with Gasteiger partial charge in [0, 0.05) is 12.1 Å². The summed E-state index contributed by atoms with van der Waals surface area (Å²) in [6.07, 6.45) is 0. The Morgan fingerprint density at radius 3 is 1.44 bits per heavy atom.